The number of hydrogen-bond acceptors (Lipinski definition) is 7. The van der Waals surface area contributed by atoms with Gasteiger partial charge in [-0.25, -0.2) is 19.7 Å². The van der Waals surface area contributed by atoms with Crippen molar-refractivity contribution in [1.82, 2.24) is 24.8 Å². The molecule has 0 radical (unpaired) electrons. The molecule has 3 aromatic heterocycles. The van der Waals surface area contributed by atoms with E-state index in [1.807, 2.05) is 48.1 Å². The Morgan fingerprint density at radius 1 is 1.25 bits per heavy atom. The summed E-state index contributed by atoms with van der Waals surface area (Å²) in [5.41, 5.74) is 2.35. The summed E-state index contributed by atoms with van der Waals surface area (Å²) in [6.07, 6.45) is 3.72. The minimum absolute atomic E-state index is 0.101. The predicted octanol–water partition coefficient (Wildman–Crippen LogP) is 3.38. The summed E-state index contributed by atoms with van der Waals surface area (Å²) in [4.78, 5) is 40.6. The number of nitrogens with zero attached hydrogens (tertiary/aromatic N) is 5. The molecule has 2 N–H and O–H groups in total. The summed E-state index contributed by atoms with van der Waals surface area (Å²) in [7, 11) is 1.93. The first kappa shape index (κ1) is 20.3. The number of aromatic nitrogens is 4. The third-order valence-electron chi connectivity index (χ3n) is 4.91. The van der Waals surface area contributed by atoms with E-state index >= 15 is 0 Å². The highest BCUT2D eigenvalue weighted by molar-refractivity contribution is 7.19. The van der Waals surface area contributed by atoms with Gasteiger partial charge in [-0.1, -0.05) is 41.7 Å². The summed E-state index contributed by atoms with van der Waals surface area (Å²) >= 11 is 2.74. The van der Waals surface area contributed by atoms with Crippen LogP contribution in [0.25, 0.3) is 22.0 Å². The molecule has 4 heterocycles. The Kier molecular flexibility index (Phi) is 5.41. The van der Waals surface area contributed by atoms with E-state index in [0.717, 1.165) is 22.0 Å². The zero-order valence-electron chi connectivity index (χ0n) is 17.1. The summed E-state index contributed by atoms with van der Waals surface area (Å²) in [6, 6.07) is 9.67. The number of aryl methyl sites for hydroxylation is 1. The minimum atomic E-state index is -0.215. The van der Waals surface area contributed by atoms with Gasteiger partial charge < -0.3 is 15.2 Å². The second kappa shape index (κ2) is 8.52. The molecular weight excluding hydrogens is 446 g/mol. The second-order valence-electron chi connectivity index (χ2n) is 7.15. The fourth-order valence-electron chi connectivity index (χ4n) is 3.38. The van der Waals surface area contributed by atoms with Gasteiger partial charge in [-0.15, -0.1) is 11.3 Å². The molecule has 0 spiro atoms. The van der Waals surface area contributed by atoms with Gasteiger partial charge >= 0.3 is 6.03 Å². The van der Waals surface area contributed by atoms with Crippen LogP contribution < -0.4 is 15.5 Å². The van der Waals surface area contributed by atoms with E-state index < -0.39 is 0 Å². The van der Waals surface area contributed by atoms with E-state index in [1.165, 1.54) is 22.7 Å². The van der Waals surface area contributed by atoms with Crippen LogP contribution in [0.4, 0.5) is 15.1 Å². The van der Waals surface area contributed by atoms with Crippen molar-refractivity contribution in [3.05, 3.63) is 53.8 Å². The first-order valence-electron chi connectivity index (χ1n) is 9.92. The van der Waals surface area contributed by atoms with Crippen LogP contribution in [0.1, 0.15) is 5.69 Å². The van der Waals surface area contributed by atoms with Crippen LogP contribution in [0.15, 0.2) is 48.1 Å². The van der Waals surface area contributed by atoms with Crippen molar-refractivity contribution < 1.29 is 9.59 Å². The molecule has 0 aliphatic carbocycles. The third-order valence-corrected chi connectivity index (χ3v) is 6.79. The Labute approximate surface area is 191 Å². The van der Waals surface area contributed by atoms with Gasteiger partial charge in [-0.2, -0.15) is 0 Å². The maximum atomic E-state index is 12.7. The van der Waals surface area contributed by atoms with Crippen molar-refractivity contribution in [2.75, 3.05) is 23.3 Å². The highest BCUT2D eigenvalue weighted by Gasteiger charge is 2.24. The first-order valence-corrected chi connectivity index (χ1v) is 11.6. The Morgan fingerprint density at radius 3 is 2.81 bits per heavy atom. The van der Waals surface area contributed by atoms with E-state index in [2.05, 4.69) is 20.6 Å². The predicted molar refractivity (Wildman–Crippen MR) is 125 cm³/mol. The fourth-order valence-corrected chi connectivity index (χ4v) is 5.28. The molecule has 0 atom stereocenters. The maximum Gasteiger partial charge on any atom is 0.323 e. The number of rotatable bonds is 6. The van der Waals surface area contributed by atoms with Crippen molar-refractivity contribution in [1.29, 1.82) is 0 Å². The maximum absolute atomic E-state index is 12.7. The summed E-state index contributed by atoms with van der Waals surface area (Å²) < 4.78 is 1.93. The standard InChI is InChI=1S/C21H19N7O2S2/c1-27-9-7-22-18(27)17-16(13-5-3-2-4-6-13)26-19(32-17)25-15(29)11-14-12-31-21(24-14)28-10-8-23-20(28)30/h2-7,9,12H,8,10-11H2,1H3,(H,23,30)(H,25,26,29). The van der Waals surface area contributed by atoms with E-state index in [9.17, 15) is 9.59 Å². The molecule has 0 saturated carbocycles. The SMILES string of the molecule is Cn1ccnc1-c1sc(NC(=O)Cc2csc(N3CCNC3=O)n2)nc1-c1ccccc1. The summed E-state index contributed by atoms with van der Waals surface area (Å²) in [5, 5.41) is 8.54. The van der Waals surface area contributed by atoms with E-state index in [-0.39, 0.29) is 18.4 Å². The van der Waals surface area contributed by atoms with E-state index in [0.29, 0.717) is 29.0 Å². The van der Waals surface area contributed by atoms with Gasteiger partial charge in [0.15, 0.2) is 16.1 Å². The first-order chi connectivity index (χ1) is 15.6. The molecular formula is C21H19N7O2S2. The van der Waals surface area contributed by atoms with Crippen LogP contribution in [0, 0.1) is 0 Å². The monoisotopic (exact) mass is 465 g/mol. The lowest BCUT2D eigenvalue weighted by atomic mass is 10.1. The lowest BCUT2D eigenvalue weighted by molar-refractivity contribution is -0.115. The van der Waals surface area contributed by atoms with E-state index in [1.54, 1.807) is 16.5 Å². The van der Waals surface area contributed by atoms with Gasteiger partial charge in [-0.05, 0) is 0 Å². The molecule has 1 saturated heterocycles. The van der Waals surface area contributed by atoms with Gasteiger partial charge in [0, 0.05) is 43.5 Å². The van der Waals surface area contributed by atoms with Crippen LogP contribution in [-0.4, -0.2) is 44.5 Å². The molecule has 1 aliphatic heterocycles. The average molecular weight is 466 g/mol. The number of anilines is 2. The average Bonchev–Trinajstić information content (AvgIpc) is 3.56. The Bertz CT molecular complexity index is 1280. The topological polar surface area (TPSA) is 105 Å². The molecule has 0 bridgehead atoms. The number of urea groups is 1. The van der Waals surface area contributed by atoms with Crippen LogP contribution in [-0.2, 0) is 18.3 Å². The molecule has 0 unspecified atom stereocenters. The molecule has 5 rings (SSSR count). The fraction of sp³-hybridized carbons (Fsp3) is 0.190. The lowest BCUT2D eigenvalue weighted by Gasteiger charge is -2.08. The number of nitrogens with one attached hydrogen (secondary N) is 2. The molecule has 32 heavy (non-hydrogen) atoms. The van der Waals surface area contributed by atoms with Crippen LogP contribution in [0.3, 0.4) is 0 Å². The number of hydrogen-bond donors (Lipinski definition) is 2. The Morgan fingerprint density at radius 2 is 2.09 bits per heavy atom. The Balaban J connectivity index is 1.36. The number of amides is 3. The highest BCUT2D eigenvalue weighted by atomic mass is 32.1. The summed E-state index contributed by atoms with van der Waals surface area (Å²) in [5.74, 6) is 0.572. The molecule has 1 aliphatic rings. The van der Waals surface area contributed by atoms with Crippen LogP contribution in [0.5, 0.6) is 0 Å². The quantitative estimate of drug-likeness (QED) is 0.454. The van der Waals surface area contributed by atoms with Gasteiger partial charge in [-0.3, -0.25) is 9.69 Å². The second-order valence-corrected chi connectivity index (χ2v) is 8.99. The number of carbonyl (C=O) groups is 2. The van der Waals surface area contributed by atoms with Gasteiger partial charge in [0.1, 0.15) is 0 Å². The lowest BCUT2D eigenvalue weighted by Crippen LogP contribution is -2.27. The largest absolute Gasteiger partial charge is 0.336 e. The molecule has 4 aromatic rings. The molecule has 3 amide bonds. The zero-order chi connectivity index (χ0) is 22.1. The number of thiazole rings is 2. The van der Waals surface area contributed by atoms with Crippen molar-refractivity contribution in [3.8, 4) is 22.0 Å². The van der Waals surface area contributed by atoms with Gasteiger partial charge in [0.25, 0.3) is 0 Å². The highest BCUT2D eigenvalue weighted by Crippen LogP contribution is 2.38. The van der Waals surface area contributed by atoms with Crippen LogP contribution in [0.2, 0.25) is 0 Å². The third kappa shape index (κ3) is 3.99. The van der Waals surface area contributed by atoms with Gasteiger partial charge in [0.2, 0.25) is 5.91 Å². The number of imidazole rings is 1. The van der Waals surface area contributed by atoms with E-state index in [4.69, 9.17) is 4.98 Å². The van der Waals surface area contributed by atoms with Crippen molar-refractivity contribution in [2.45, 2.75) is 6.42 Å². The van der Waals surface area contributed by atoms with Crippen LogP contribution >= 0.6 is 22.7 Å². The smallest absolute Gasteiger partial charge is 0.323 e. The minimum Gasteiger partial charge on any atom is -0.336 e. The normalized spacial score (nSPS) is 13.4. The molecule has 1 aromatic carbocycles. The van der Waals surface area contributed by atoms with Gasteiger partial charge in [0.05, 0.1) is 22.7 Å². The Hall–Kier alpha value is -3.57. The zero-order valence-corrected chi connectivity index (χ0v) is 18.7. The summed E-state index contributed by atoms with van der Waals surface area (Å²) in [6.45, 7) is 1.18. The number of benzene rings is 1. The van der Waals surface area contributed by atoms with Crippen molar-refractivity contribution in [2.24, 2.45) is 7.05 Å². The molecule has 11 heteroatoms. The number of carbonyl (C=O) groups excluding carboxylic acids is 2. The molecule has 162 valence electrons. The van der Waals surface area contributed by atoms with Crippen molar-refractivity contribution >= 4 is 44.9 Å². The molecule has 9 nitrogen and oxygen atoms in total. The molecule has 1 fully saturated rings. The van der Waals surface area contributed by atoms with Crippen molar-refractivity contribution in [3.63, 3.8) is 0 Å².